The van der Waals surface area contributed by atoms with Gasteiger partial charge in [-0.25, -0.2) is 8.42 Å². The van der Waals surface area contributed by atoms with E-state index in [1.54, 1.807) is 6.07 Å². The van der Waals surface area contributed by atoms with Gasteiger partial charge in [0.15, 0.2) is 0 Å². The van der Waals surface area contributed by atoms with Crippen molar-refractivity contribution in [1.82, 2.24) is 9.62 Å². The SMILES string of the molecule is CC1(C)CNCCN1S(=O)(=O)Cc1ccccc1[N+](=O)[O-]. The van der Waals surface area contributed by atoms with Gasteiger partial charge in [-0.3, -0.25) is 10.1 Å². The Bertz CT molecular complexity index is 643. The zero-order valence-electron chi connectivity index (χ0n) is 12.1. The fraction of sp³-hybridized carbons (Fsp3) is 0.538. The molecule has 0 aromatic heterocycles. The maximum absolute atomic E-state index is 12.6. The third-order valence-corrected chi connectivity index (χ3v) is 5.61. The molecule has 0 saturated carbocycles. The Morgan fingerprint density at radius 1 is 1.38 bits per heavy atom. The number of hydrogen-bond acceptors (Lipinski definition) is 5. The van der Waals surface area contributed by atoms with Crippen molar-refractivity contribution in [2.45, 2.75) is 25.1 Å². The van der Waals surface area contributed by atoms with Crippen molar-refractivity contribution in [2.75, 3.05) is 19.6 Å². The molecule has 1 N–H and O–H groups in total. The highest BCUT2D eigenvalue weighted by molar-refractivity contribution is 7.88. The Morgan fingerprint density at radius 3 is 2.67 bits per heavy atom. The van der Waals surface area contributed by atoms with E-state index in [4.69, 9.17) is 0 Å². The largest absolute Gasteiger partial charge is 0.314 e. The van der Waals surface area contributed by atoms with Gasteiger partial charge in [0.1, 0.15) is 0 Å². The highest BCUT2D eigenvalue weighted by Gasteiger charge is 2.38. The minimum Gasteiger partial charge on any atom is -0.314 e. The van der Waals surface area contributed by atoms with E-state index in [1.807, 2.05) is 13.8 Å². The molecule has 7 nitrogen and oxygen atoms in total. The van der Waals surface area contributed by atoms with Crippen molar-refractivity contribution < 1.29 is 13.3 Å². The zero-order valence-corrected chi connectivity index (χ0v) is 12.9. The number of nitro benzene ring substituents is 1. The quantitative estimate of drug-likeness (QED) is 0.664. The summed E-state index contributed by atoms with van der Waals surface area (Å²) in [6, 6.07) is 5.96. The summed E-state index contributed by atoms with van der Waals surface area (Å²) in [5, 5.41) is 14.2. The van der Waals surface area contributed by atoms with E-state index < -0.39 is 20.5 Å². The van der Waals surface area contributed by atoms with Crippen LogP contribution in [0.5, 0.6) is 0 Å². The number of hydrogen-bond donors (Lipinski definition) is 1. The molecule has 1 fully saturated rings. The number of nitrogens with one attached hydrogen (secondary N) is 1. The molecule has 0 amide bonds. The van der Waals surface area contributed by atoms with Crippen LogP contribution in [0, 0.1) is 10.1 Å². The summed E-state index contributed by atoms with van der Waals surface area (Å²) in [4.78, 5) is 10.5. The molecule has 1 saturated heterocycles. The van der Waals surface area contributed by atoms with E-state index in [1.165, 1.54) is 22.5 Å². The van der Waals surface area contributed by atoms with Gasteiger partial charge in [0, 0.05) is 36.8 Å². The first kappa shape index (κ1) is 15.9. The number of sulfonamides is 1. The Balaban J connectivity index is 2.32. The maximum Gasteiger partial charge on any atom is 0.273 e. The van der Waals surface area contributed by atoms with E-state index in [0.717, 1.165) is 0 Å². The second-order valence-corrected chi connectivity index (χ2v) is 7.60. The van der Waals surface area contributed by atoms with E-state index in [-0.39, 0.29) is 17.0 Å². The van der Waals surface area contributed by atoms with Gasteiger partial charge >= 0.3 is 0 Å². The second-order valence-electron chi connectivity index (χ2n) is 5.70. The molecule has 1 aromatic carbocycles. The number of benzene rings is 1. The summed E-state index contributed by atoms with van der Waals surface area (Å²) in [6.45, 7) is 5.20. The first-order chi connectivity index (χ1) is 9.74. The summed E-state index contributed by atoms with van der Waals surface area (Å²) >= 11 is 0. The highest BCUT2D eigenvalue weighted by Crippen LogP contribution is 2.26. The predicted octanol–water partition coefficient (Wildman–Crippen LogP) is 1.11. The molecule has 1 aliphatic rings. The lowest BCUT2D eigenvalue weighted by molar-refractivity contribution is -0.385. The third kappa shape index (κ3) is 3.39. The van der Waals surface area contributed by atoms with Crippen LogP contribution < -0.4 is 5.32 Å². The van der Waals surface area contributed by atoms with Crippen LogP contribution in [0.3, 0.4) is 0 Å². The fourth-order valence-corrected chi connectivity index (χ4v) is 4.55. The Hall–Kier alpha value is -1.51. The van der Waals surface area contributed by atoms with Crippen molar-refractivity contribution in [1.29, 1.82) is 0 Å². The van der Waals surface area contributed by atoms with Gasteiger partial charge in [-0.15, -0.1) is 0 Å². The van der Waals surface area contributed by atoms with Gasteiger partial charge in [0.05, 0.1) is 10.7 Å². The molecule has 116 valence electrons. The average Bonchev–Trinajstić information content (AvgIpc) is 2.37. The molecular weight excluding hydrogens is 294 g/mol. The number of nitro groups is 1. The van der Waals surface area contributed by atoms with Crippen LogP contribution in [0.1, 0.15) is 19.4 Å². The first-order valence-electron chi connectivity index (χ1n) is 6.67. The monoisotopic (exact) mass is 313 g/mol. The summed E-state index contributed by atoms with van der Waals surface area (Å²) in [5.41, 5.74) is -0.480. The van der Waals surface area contributed by atoms with Crippen LogP contribution in [0.15, 0.2) is 24.3 Å². The standard InChI is InChI=1S/C13H19N3O4S/c1-13(2)10-14-7-8-15(13)21(19,20)9-11-5-3-4-6-12(11)16(17)18/h3-6,14H,7-10H2,1-2H3. The summed E-state index contributed by atoms with van der Waals surface area (Å²) in [7, 11) is -3.61. The molecule has 1 aromatic rings. The van der Waals surface area contributed by atoms with Crippen molar-refractivity contribution >= 4 is 15.7 Å². The predicted molar refractivity (Wildman–Crippen MR) is 79.4 cm³/mol. The van der Waals surface area contributed by atoms with E-state index in [0.29, 0.717) is 19.6 Å². The van der Waals surface area contributed by atoms with Crippen LogP contribution in [0.4, 0.5) is 5.69 Å². The fourth-order valence-electron chi connectivity index (χ4n) is 2.57. The summed E-state index contributed by atoms with van der Waals surface area (Å²) in [6.07, 6.45) is 0. The lowest BCUT2D eigenvalue weighted by Crippen LogP contribution is -2.59. The van der Waals surface area contributed by atoms with Gasteiger partial charge in [-0.05, 0) is 13.8 Å². The van der Waals surface area contributed by atoms with Crippen molar-refractivity contribution in [3.8, 4) is 0 Å². The molecule has 0 spiro atoms. The maximum atomic E-state index is 12.6. The lowest BCUT2D eigenvalue weighted by Gasteiger charge is -2.41. The molecule has 1 heterocycles. The normalized spacial score (nSPS) is 19.3. The minimum absolute atomic E-state index is 0.158. The molecular formula is C13H19N3O4S. The Morgan fingerprint density at radius 2 is 2.05 bits per heavy atom. The molecule has 8 heteroatoms. The molecule has 1 aliphatic heterocycles. The highest BCUT2D eigenvalue weighted by atomic mass is 32.2. The Kier molecular flexibility index (Phi) is 4.31. The number of rotatable bonds is 4. The van der Waals surface area contributed by atoms with Crippen LogP contribution in [0.25, 0.3) is 0 Å². The van der Waals surface area contributed by atoms with E-state index in [2.05, 4.69) is 5.32 Å². The molecule has 21 heavy (non-hydrogen) atoms. The van der Waals surface area contributed by atoms with Gasteiger partial charge in [0.25, 0.3) is 5.69 Å². The van der Waals surface area contributed by atoms with Gasteiger partial charge in [-0.2, -0.15) is 4.31 Å². The number of nitrogens with zero attached hydrogens (tertiary/aromatic N) is 2. The third-order valence-electron chi connectivity index (χ3n) is 3.59. The topological polar surface area (TPSA) is 92.6 Å². The van der Waals surface area contributed by atoms with Crippen LogP contribution in [-0.4, -0.2) is 42.8 Å². The average molecular weight is 313 g/mol. The van der Waals surface area contributed by atoms with Crippen LogP contribution in [-0.2, 0) is 15.8 Å². The van der Waals surface area contributed by atoms with Crippen LogP contribution >= 0.6 is 0 Å². The van der Waals surface area contributed by atoms with Crippen LogP contribution in [0.2, 0.25) is 0 Å². The summed E-state index contributed by atoms with van der Waals surface area (Å²) in [5.74, 6) is -0.354. The molecule has 0 unspecified atom stereocenters. The molecule has 0 aliphatic carbocycles. The summed E-state index contributed by atoms with van der Waals surface area (Å²) < 4.78 is 26.7. The molecule has 0 atom stereocenters. The zero-order chi connectivity index (χ0) is 15.7. The molecule has 0 radical (unpaired) electrons. The first-order valence-corrected chi connectivity index (χ1v) is 8.28. The molecule has 2 rings (SSSR count). The van der Waals surface area contributed by atoms with Crippen molar-refractivity contribution in [3.63, 3.8) is 0 Å². The van der Waals surface area contributed by atoms with Gasteiger partial charge in [0.2, 0.25) is 10.0 Å². The number of para-hydroxylation sites is 1. The smallest absolute Gasteiger partial charge is 0.273 e. The number of piperazine rings is 1. The minimum atomic E-state index is -3.61. The van der Waals surface area contributed by atoms with Gasteiger partial charge < -0.3 is 5.32 Å². The Labute approximate surface area is 124 Å². The van der Waals surface area contributed by atoms with Crippen molar-refractivity contribution in [2.24, 2.45) is 0 Å². The van der Waals surface area contributed by atoms with Gasteiger partial charge in [-0.1, -0.05) is 18.2 Å². The molecule has 0 bridgehead atoms. The lowest BCUT2D eigenvalue weighted by atomic mass is 10.0. The van der Waals surface area contributed by atoms with Crippen molar-refractivity contribution in [3.05, 3.63) is 39.9 Å². The second kappa shape index (κ2) is 5.70. The van der Waals surface area contributed by atoms with E-state index in [9.17, 15) is 18.5 Å². The van der Waals surface area contributed by atoms with E-state index >= 15 is 0 Å².